The third kappa shape index (κ3) is 2.33. The molecule has 0 fully saturated rings. The Bertz CT molecular complexity index is 434. The summed E-state index contributed by atoms with van der Waals surface area (Å²) < 4.78 is 1.26. The minimum absolute atomic E-state index is 0.524. The van der Waals surface area contributed by atoms with Gasteiger partial charge < -0.3 is 4.90 Å². The first-order valence-corrected chi connectivity index (χ1v) is 7.50. The fourth-order valence-electron chi connectivity index (χ4n) is 1.55. The van der Waals surface area contributed by atoms with Crippen molar-refractivity contribution in [2.75, 3.05) is 24.0 Å². The van der Waals surface area contributed by atoms with Crippen LogP contribution in [0.5, 0.6) is 0 Å². The topological polar surface area (TPSA) is 16.1 Å². The molecule has 1 heterocycles. The Balaban J connectivity index is 2.26. The molecule has 0 N–H and O–H groups in total. The van der Waals surface area contributed by atoms with E-state index in [0.29, 0.717) is 6.04 Å². The van der Waals surface area contributed by atoms with Gasteiger partial charge in [0.2, 0.25) is 0 Å². The average molecular weight is 252 g/mol. The van der Waals surface area contributed by atoms with E-state index in [4.69, 9.17) is 0 Å². The lowest BCUT2D eigenvalue weighted by Crippen LogP contribution is -2.30. The summed E-state index contributed by atoms with van der Waals surface area (Å²) >= 11 is 3.64. The second-order valence-corrected chi connectivity index (χ2v) is 5.80. The number of nitrogens with zero attached hydrogens (tertiary/aromatic N) is 2. The molecular formula is C12H16N2S2. The molecule has 0 amide bonds. The van der Waals surface area contributed by atoms with Crippen molar-refractivity contribution in [1.82, 2.24) is 4.98 Å². The van der Waals surface area contributed by atoms with Crippen LogP contribution in [0.25, 0.3) is 10.2 Å². The van der Waals surface area contributed by atoms with Crippen molar-refractivity contribution in [2.45, 2.75) is 13.0 Å². The number of para-hydroxylation sites is 1. The van der Waals surface area contributed by atoms with Crippen LogP contribution in [0.3, 0.4) is 0 Å². The number of hydrogen-bond acceptors (Lipinski definition) is 4. The van der Waals surface area contributed by atoms with Crippen LogP contribution in [0.15, 0.2) is 24.3 Å². The van der Waals surface area contributed by atoms with Gasteiger partial charge in [-0.25, -0.2) is 4.98 Å². The highest BCUT2D eigenvalue weighted by atomic mass is 32.2. The van der Waals surface area contributed by atoms with Gasteiger partial charge in [0.15, 0.2) is 5.13 Å². The minimum Gasteiger partial charge on any atom is -0.348 e. The number of anilines is 1. The van der Waals surface area contributed by atoms with E-state index in [9.17, 15) is 0 Å². The van der Waals surface area contributed by atoms with E-state index < -0.39 is 0 Å². The van der Waals surface area contributed by atoms with Gasteiger partial charge >= 0.3 is 0 Å². The smallest absolute Gasteiger partial charge is 0.186 e. The van der Waals surface area contributed by atoms with Crippen LogP contribution in [0.4, 0.5) is 5.13 Å². The van der Waals surface area contributed by atoms with E-state index in [1.165, 1.54) is 4.70 Å². The van der Waals surface area contributed by atoms with Gasteiger partial charge in [-0.3, -0.25) is 0 Å². The van der Waals surface area contributed by atoms with Gasteiger partial charge in [-0.2, -0.15) is 11.8 Å². The van der Waals surface area contributed by atoms with Crippen molar-refractivity contribution in [1.29, 1.82) is 0 Å². The predicted molar refractivity (Wildman–Crippen MR) is 75.9 cm³/mol. The van der Waals surface area contributed by atoms with Crippen LogP contribution in [0, 0.1) is 0 Å². The number of thiazole rings is 1. The monoisotopic (exact) mass is 252 g/mol. The maximum absolute atomic E-state index is 4.65. The van der Waals surface area contributed by atoms with Gasteiger partial charge in [0.05, 0.1) is 10.2 Å². The largest absolute Gasteiger partial charge is 0.348 e. The second kappa shape index (κ2) is 5.06. The molecule has 2 rings (SSSR count). The molecule has 0 spiro atoms. The number of rotatable bonds is 4. The van der Waals surface area contributed by atoms with Gasteiger partial charge in [-0.15, -0.1) is 0 Å². The van der Waals surface area contributed by atoms with Crippen molar-refractivity contribution < 1.29 is 0 Å². The maximum Gasteiger partial charge on any atom is 0.186 e. The van der Waals surface area contributed by atoms with E-state index in [0.717, 1.165) is 16.4 Å². The van der Waals surface area contributed by atoms with Gasteiger partial charge in [-0.05, 0) is 25.3 Å². The number of benzene rings is 1. The molecule has 86 valence electrons. The molecule has 1 unspecified atom stereocenters. The average Bonchev–Trinajstić information content (AvgIpc) is 2.71. The highest BCUT2D eigenvalue weighted by molar-refractivity contribution is 7.98. The molecule has 1 aromatic carbocycles. The summed E-state index contributed by atoms with van der Waals surface area (Å²) in [6.45, 7) is 2.24. The molecular weight excluding hydrogens is 236 g/mol. The highest BCUT2D eigenvalue weighted by Crippen LogP contribution is 2.29. The first kappa shape index (κ1) is 11.7. The lowest BCUT2D eigenvalue weighted by molar-refractivity contribution is 0.763. The van der Waals surface area contributed by atoms with Crippen molar-refractivity contribution in [3.05, 3.63) is 24.3 Å². The number of hydrogen-bond donors (Lipinski definition) is 0. The van der Waals surface area contributed by atoms with E-state index in [2.05, 4.69) is 48.3 Å². The van der Waals surface area contributed by atoms with Crippen molar-refractivity contribution in [3.63, 3.8) is 0 Å². The van der Waals surface area contributed by atoms with Crippen LogP contribution >= 0.6 is 23.1 Å². The van der Waals surface area contributed by atoms with Crippen LogP contribution in [-0.2, 0) is 0 Å². The zero-order chi connectivity index (χ0) is 11.5. The molecule has 0 saturated carbocycles. The summed E-state index contributed by atoms with van der Waals surface area (Å²) in [5.74, 6) is 1.13. The van der Waals surface area contributed by atoms with Crippen molar-refractivity contribution in [3.8, 4) is 0 Å². The Hall–Kier alpha value is -0.740. The number of thioether (sulfide) groups is 1. The summed E-state index contributed by atoms with van der Waals surface area (Å²) in [5, 5.41) is 1.11. The lowest BCUT2D eigenvalue weighted by Gasteiger charge is -2.23. The fraction of sp³-hybridized carbons (Fsp3) is 0.417. The molecule has 0 aliphatic carbocycles. The van der Waals surface area contributed by atoms with Crippen LogP contribution < -0.4 is 4.90 Å². The Labute approximate surface area is 105 Å². The van der Waals surface area contributed by atoms with Gasteiger partial charge in [0.1, 0.15) is 0 Å². The number of aromatic nitrogens is 1. The summed E-state index contributed by atoms with van der Waals surface area (Å²) in [7, 11) is 2.12. The lowest BCUT2D eigenvalue weighted by atomic mass is 10.3. The standard InChI is InChI=1S/C12H16N2S2/c1-9(8-15-3)14(2)12-13-10-6-4-5-7-11(10)16-12/h4-7,9H,8H2,1-3H3. The predicted octanol–water partition coefficient (Wildman–Crippen LogP) is 3.48. The molecule has 0 saturated heterocycles. The summed E-state index contributed by atoms with van der Waals surface area (Å²) in [6.07, 6.45) is 2.14. The summed E-state index contributed by atoms with van der Waals surface area (Å²) in [4.78, 5) is 6.92. The van der Waals surface area contributed by atoms with Gasteiger partial charge in [0.25, 0.3) is 0 Å². The normalized spacial score (nSPS) is 12.9. The number of fused-ring (bicyclic) bond motifs is 1. The van der Waals surface area contributed by atoms with E-state index >= 15 is 0 Å². The molecule has 1 atom stereocenters. The summed E-state index contributed by atoms with van der Waals surface area (Å²) in [5.41, 5.74) is 1.10. The van der Waals surface area contributed by atoms with Crippen LogP contribution in [-0.4, -0.2) is 30.1 Å². The SMILES string of the molecule is CSCC(C)N(C)c1nc2ccccc2s1. The minimum atomic E-state index is 0.524. The van der Waals surface area contributed by atoms with Crippen molar-refractivity contribution in [2.24, 2.45) is 0 Å². The molecule has 0 bridgehead atoms. The first-order chi connectivity index (χ1) is 7.72. The van der Waals surface area contributed by atoms with Gasteiger partial charge in [0, 0.05) is 18.8 Å². The third-order valence-corrected chi connectivity index (χ3v) is 4.60. The maximum atomic E-state index is 4.65. The quantitative estimate of drug-likeness (QED) is 0.828. The first-order valence-electron chi connectivity index (χ1n) is 5.29. The molecule has 2 nitrogen and oxygen atoms in total. The Morgan fingerprint density at radius 3 is 2.88 bits per heavy atom. The van der Waals surface area contributed by atoms with E-state index in [-0.39, 0.29) is 0 Å². The molecule has 0 aliphatic rings. The molecule has 0 aliphatic heterocycles. The molecule has 1 aromatic heterocycles. The molecule has 2 aromatic rings. The highest BCUT2D eigenvalue weighted by Gasteiger charge is 2.13. The zero-order valence-corrected chi connectivity index (χ0v) is 11.4. The molecule has 0 radical (unpaired) electrons. The second-order valence-electron chi connectivity index (χ2n) is 3.88. The third-order valence-electron chi connectivity index (χ3n) is 2.65. The molecule has 16 heavy (non-hydrogen) atoms. The zero-order valence-electron chi connectivity index (χ0n) is 9.80. The van der Waals surface area contributed by atoms with E-state index in [1.807, 2.05) is 17.8 Å². The van der Waals surface area contributed by atoms with Gasteiger partial charge in [-0.1, -0.05) is 23.5 Å². The Morgan fingerprint density at radius 1 is 1.44 bits per heavy atom. The summed E-state index contributed by atoms with van der Waals surface area (Å²) in [6, 6.07) is 8.83. The fourth-order valence-corrected chi connectivity index (χ4v) is 3.29. The van der Waals surface area contributed by atoms with E-state index in [1.54, 1.807) is 11.3 Å². The van der Waals surface area contributed by atoms with Crippen molar-refractivity contribution >= 4 is 38.4 Å². The Morgan fingerprint density at radius 2 is 2.19 bits per heavy atom. The molecule has 4 heteroatoms. The Kier molecular flexibility index (Phi) is 3.71. The van der Waals surface area contributed by atoms with Crippen LogP contribution in [0.1, 0.15) is 6.92 Å². The van der Waals surface area contributed by atoms with Crippen LogP contribution in [0.2, 0.25) is 0 Å².